The van der Waals surface area contributed by atoms with Crippen molar-refractivity contribution in [3.8, 4) is 22.3 Å². The van der Waals surface area contributed by atoms with Gasteiger partial charge in [0.15, 0.2) is 0 Å². The summed E-state index contributed by atoms with van der Waals surface area (Å²) in [6, 6.07) is 24.4. The number of benzene rings is 3. The van der Waals surface area contributed by atoms with Crippen LogP contribution in [0.15, 0.2) is 89.6 Å². The third-order valence-corrected chi connectivity index (χ3v) is 4.90. The van der Waals surface area contributed by atoms with Crippen LogP contribution in [-0.2, 0) is 0 Å². The molecular weight excluding hydrogens is 342 g/mol. The monoisotopic (exact) mass is 355 g/mol. The fraction of sp³-hybridized carbons (Fsp3) is 0. The first kappa shape index (κ1) is 15.2. The molecule has 5 aromatic rings. The van der Waals surface area contributed by atoms with Gasteiger partial charge in [-0.3, -0.25) is 4.98 Å². The summed E-state index contributed by atoms with van der Waals surface area (Å²) in [5.41, 5.74) is 6.31. The third kappa shape index (κ3) is 2.39. The Morgan fingerprint density at radius 1 is 0.692 bits per heavy atom. The first-order chi connectivity index (χ1) is 12.8. The number of furan rings is 1. The standard InChI is InChI=1S/C23H14ClNO/c24-16-8-9-21-20(14-16)23-19(6-3-7-22(23)26-21)18-5-2-1-4-17(18)15-10-12-25-13-11-15/h1-14H. The third-order valence-electron chi connectivity index (χ3n) is 4.67. The van der Waals surface area contributed by atoms with E-state index >= 15 is 0 Å². The molecule has 0 spiro atoms. The van der Waals surface area contributed by atoms with E-state index in [1.54, 1.807) is 0 Å². The number of hydrogen-bond acceptors (Lipinski definition) is 2. The maximum atomic E-state index is 6.25. The summed E-state index contributed by atoms with van der Waals surface area (Å²) in [6.07, 6.45) is 3.64. The Balaban J connectivity index is 1.87. The van der Waals surface area contributed by atoms with Crippen LogP contribution in [-0.4, -0.2) is 4.98 Å². The average molecular weight is 356 g/mol. The highest BCUT2D eigenvalue weighted by molar-refractivity contribution is 6.32. The molecule has 2 heterocycles. The van der Waals surface area contributed by atoms with Crippen molar-refractivity contribution in [3.63, 3.8) is 0 Å². The van der Waals surface area contributed by atoms with E-state index in [1.807, 2.05) is 54.9 Å². The molecule has 0 aliphatic heterocycles. The molecule has 3 heteroatoms. The zero-order chi connectivity index (χ0) is 17.5. The Labute approximate surface area is 155 Å². The van der Waals surface area contributed by atoms with Crippen LogP contribution in [0.2, 0.25) is 5.02 Å². The van der Waals surface area contributed by atoms with Crippen molar-refractivity contribution >= 4 is 33.5 Å². The number of rotatable bonds is 2. The van der Waals surface area contributed by atoms with Crippen LogP contribution in [0.4, 0.5) is 0 Å². The lowest BCUT2D eigenvalue weighted by atomic mass is 9.92. The van der Waals surface area contributed by atoms with Crippen molar-refractivity contribution in [2.45, 2.75) is 0 Å². The summed E-state index contributed by atoms with van der Waals surface area (Å²) in [5.74, 6) is 0. The van der Waals surface area contributed by atoms with Crippen LogP contribution in [0.25, 0.3) is 44.2 Å². The summed E-state index contributed by atoms with van der Waals surface area (Å²) in [4.78, 5) is 4.14. The predicted octanol–water partition coefficient (Wildman–Crippen LogP) is 6.97. The quantitative estimate of drug-likeness (QED) is 0.342. The molecule has 0 bridgehead atoms. The van der Waals surface area contributed by atoms with Crippen LogP contribution < -0.4 is 0 Å². The summed E-state index contributed by atoms with van der Waals surface area (Å²) >= 11 is 6.25. The van der Waals surface area contributed by atoms with Crippen molar-refractivity contribution in [3.05, 3.63) is 90.2 Å². The van der Waals surface area contributed by atoms with Crippen LogP contribution in [0.1, 0.15) is 0 Å². The van der Waals surface area contributed by atoms with Gasteiger partial charge in [-0.25, -0.2) is 0 Å². The van der Waals surface area contributed by atoms with E-state index in [1.165, 1.54) is 5.56 Å². The molecule has 0 amide bonds. The Hall–Kier alpha value is -3.10. The fourth-order valence-corrected chi connectivity index (χ4v) is 3.70. The molecule has 26 heavy (non-hydrogen) atoms. The van der Waals surface area contributed by atoms with Crippen molar-refractivity contribution in [1.29, 1.82) is 0 Å². The van der Waals surface area contributed by atoms with Gasteiger partial charge in [-0.05, 0) is 58.7 Å². The van der Waals surface area contributed by atoms with Gasteiger partial charge in [0.25, 0.3) is 0 Å². The smallest absolute Gasteiger partial charge is 0.136 e. The van der Waals surface area contributed by atoms with Gasteiger partial charge >= 0.3 is 0 Å². The van der Waals surface area contributed by atoms with E-state index in [0.717, 1.165) is 38.6 Å². The van der Waals surface area contributed by atoms with Crippen LogP contribution in [0.3, 0.4) is 0 Å². The first-order valence-electron chi connectivity index (χ1n) is 8.42. The van der Waals surface area contributed by atoms with Crippen LogP contribution in [0, 0.1) is 0 Å². The maximum absolute atomic E-state index is 6.25. The number of hydrogen-bond donors (Lipinski definition) is 0. The summed E-state index contributed by atoms with van der Waals surface area (Å²) < 4.78 is 6.05. The molecule has 0 fully saturated rings. The summed E-state index contributed by atoms with van der Waals surface area (Å²) in [6.45, 7) is 0. The van der Waals surface area contributed by atoms with Crippen LogP contribution in [0.5, 0.6) is 0 Å². The summed E-state index contributed by atoms with van der Waals surface area (Å²) in [7, 11) is 0. The Morgan fingerprint density at radius 2 is 1.46 bits per heavy atom. The molecule has 0 saturated carbocycles. The number of fused-ring (bicyclic) bond motifs is 3. The second-order valence-corrected chi connectivity index (χ2v) is 6.64. The van der Waals surface area contributed by atoms with Gasteiger partial charge in [0, 0.05) is 28.2 Å². The van der Waals surface area contributed by atoms with E-state index in [0.29, 0.717) is 5.02 Å². The first-order valence-corrected chi connectivity index (χ1v) is 8.80. The lowest BCUT2D eigenvalue weighted by Gasteiger charge is -2.11. The van der Waals surface area contributed by atoms with E-state index in [2.05, 4.69) is 35.3 Å². The Kier molecular flexibility index (Phi) is 3.51. The van der Waals surface area contributed by atoms with Crippen molar-refractivity contribution in [1.82, 2.24) is 4.98 Å². The lowest BCUT2D eigenvalue weighted by molar-refractivity contribution is 0.669. The number of aromatic nitrogens is 1. The van der Waals surface area contributed by atoms with Crippen LogP contribution >= 0.6 is 11.6 Å². The molecule has 0 aliphatic carbocycles. The normalized spacial score (nSPS) is 11.3. The lowest BCUT2D eigenvalue weighted by Crippen LogP contribution is -1.86. The minimum atomic E-state index is 0.706. The Bertz CT molecular complexity index is 1240. The van der Waals surface area contributed by atoms with Crippen molar-refractivity contribution in [2.75, 3.05) is 0 Å². The molecular formula is C23H14ClNO. The number of pyridine rings is 1. The summed E-state index contributed by atoms with van der Waals surface area (Å²) in [5, 5.41) is 2.83. The van der Waals surface area contributed by atoms with Gasteiger partial charge in [0.2, 0.25) is 0 Å². The molecule has 0 N–H and O–H groups in total. The largest absolute Gasteiger partial charge is 0.456 e. The second kappa shape index (κ2) is 6.01. The van der Waals surface area contributed by atoms with E-state index in [4.69, 9.17) is 16.0 Å². The molecule has 3 aromatic carbocycles. The minimum Gasteiger partial charge on any atom is -0.456 e. The Morgan fingerprint density at radius 3 is 2.31 bits per heavy atom. The topological polar surface area (TPSA) is 26.0 Å². The molecule has 124 valence electrons. The SMILES string of the molecule is Clc1ccc2oc3cccc(-c4ccccc4-c4ccncc4)c3c2c1. The maximum Gasteiger partial charge on any atom is 0.136 e. The average Bonchev–Trinajstić information content (AvgIpc) is 3.06. The highest BCUT2D eigenvalue weighted by Crippen LogP contribution is 2.40. The van der Waals surface area contributed by atoms with Gasteiger partial charge in [-0.2, -0.15) is 0 Å². The zero-order valence-electron chi connectivity index (χ0n) is 13.8. The molecule has 0 unspecified atom stereocenters. The van der Waals surface area contributed by atoms with E-state index < -0.39 is 0 Å². The van der Waals surface area contributed by atoms with Crippen molar-refractivity contribution < 1.29 is 4.42 Å². The highest BCUT2D eigenvalue weighted by Gasteiger charge is 2.15. The number of nitrogens with zero attached hydrogens (tertiary/aromatic N) is 1. The molecule has 5 rings (SSSR count). The minimum absolute atomic E-state index is 0.706. The molecule has 0 atom stereocenters. The molecule has 2 nitrogen and oxygen atoms in total. The van der Waals surface area contributed by atoms with Gasteiger partial charge in [0.1, 0.15) is 11.2 Å². The number of halogens is 1. The second-order valence-electron chi connectivity index (χ2n) is 6.20. The van der Waals surface area contributed by atoms with E-state index in [9.17, 15) is 0 Å². The fourth-order valence-electron chi connectivity index (χ4n) is 3.52. The highest BCUT2D eigenvalue weighted by atomic mass is 35.5. The van der Waals surface area contributed by atoms with Gasteiger partial charge < -0.3 is 4.42 Å². The molecule has 0 aliphatic rings. The zero-order valence-corrected chi connectivity index (χ0v) is 14.6. The predicted molar refractivity (Wildman–Crippen MR) is 107 cm³/mol. The molecule has 0 radical (unpaired) electrons. The van der Waals surface area contributed by atoms with Crippen molar-refractivity contribution in [2.24, 2.45) is 0 Å². The van der Waals surface area contributed by atoms with E-state index in [-0.39, 0.29) is 0 Å². The van der Waals surface area contributed by atoms with Gasteiger partial charge in [-0.1, -0.05) is 48.0 Å². The van der Waals surface area contributed by atoms with Gasteiger partial charge in [0.05, 0.1) is 0 Å². The molecule has 2 aromatic heterocycles. The molecule has 0 saturated heterocycles. The van der Waals surface area contributed by atoms with Gasteiger partial charge in [-0.15, -0.1) is 0 Å².